The molecular formula is C8H11ClOS. The number of carbonyl (C=O) groups is 1. The molecule has 1 nitrogen and oxygen atoms in total. The SMILES string of the molecule is CCC(=O)C1=C(Cl)CC(C)S1. The first kappa shape index (κ1) is 9.14. The van der Waals surface area contributed by atoms with E-state index in [1.54, 1.807) is 11.8 Å². The Hall–Kier alpha value is 0.0500. The summed E-state index contributed by atoms with van der Waals surface area (Å²) in [5.74, 6) is 0.185. The Balaban J connectivity index is 2.72. The monoisotopic (exact) mass is 190 g/mol. The number of thioether (sulfide) groups is 1. The number of Topliss-reactive ketones (excluding diaryl/α,β-unsaturated/α-hetero) is 1. The Morgan fingerprint density at radius 1 is 1.82 bits per heavy atom. The number of hydrogen-bond donors (Lipinski definition) is 0. The molecule has 1 aliphatic rings. The molecule has 1 rings (SSSR count). The Labute approximate surface area is 76.2 Å². The molecule has 11 heavy (non-hydrogen) atoms. The second-order valence-electron chi connectivity index (χ2n) is 2.64. The maximum absolute atomic E-state index is 11.2. The summed E-state index contributed by atoms with van der Waals surface area (Å²) in [6.07, 6.45) is 1.42. The van der Waals surface area contributed by atoms with Crippen molar-refractivity contribution in [3.05, 3.63) is 9.94 Å². The zero-order valence-electron chi connectivity index (χ0n) is 6.69. The number of rotatable bonds is 2. The van der Waals surface area contributed by atoms with Crippen molar-refractivity contribution in [3.63, 3.8) is 0 Å². The smallest absolute Gasteiger partial charge is 0.170 e. The van der Waals surface area contributed by atoms with Crippen LogP contribution in [-0.2, 0) is 4.79 Å². The number of ketones is 1. The van der Waals surface area contributed by atoms with Crippen LogP contribution in [0.2, 0.25) is 0 Å². The van der Waals surface area contributed by atoms with E-state index >= 15 is 0 Å². The molecule has 0 aromatic carbocycles. The van der Waals surface area contributed by atoms with Gasteiger partial charge in [0.05, 0.1) is 4.91 Å². The van der Waals surface area contributed by atoms with Gasteiger partial charge >= 0.3 is 0 Å². The number of hydrogen-bond acceptors (Lipinski definition) is 2. The van der Waals surface area contributed by atoms with E-state index in [4.69, 9.17) is 11.6 Å². The van der Waals surface area contributed by atoms with Gasteiger partial charge in [-0.05, 0) is 6.42 Å². The van der Waals surface area contributed by atoms with Gasteiger partial charge < -0.3 is 0 Å². The molecule has 0 saturated carbocycles. The summed E-state index contributed by atoms with van der Waals surface area (Å²) in [5, 5.41) is 1.24. The summed E-state index contributed by atoms with van der Waals surface area (Å²) in [5.41, 5.74) is 0. The maximum Gasteiger partial charge on any atom is 0.170 e. The van der Waals surface area contributed by atoms with Gasteiger partial charge in [0.2, 0.25) is 0 Å². The van der Waals surface area contributed by atoms with E-state index in [1.165, 1.54) is 0 Å². The van der Waals surface area contributed by atoms with Crippen molar-refractivity contribution < 1.29 is 4.79 Å². The van der Waals surface area contributed by atoms with Crippen LogP contribution < -0.4 is 0 Å². The number of allylic oxidation sites excluding steroid dienone is 2. The van der Waals surface area contributed by atoms with E-state index in [1.807, 2.05) is 6.92 Å². The van der Waals surface area contributed by atoms with Crippen LogP contribution in [0.3, 0.4) is 0 Å². The van der Waals surface area contributed by atoms with Gasteiger partial charge in [-0.3, -0.25) is 4.79 Å². The van der Waals surface area contributed by atoms with Crippen LogP contribution in [0.5, 0.6) is 0 Å². The van der Waals surface area contributed by atoms with Crippen LogP contribution in [0.4, 0.5) is 0 Å². The van der Waals surface area contributed by atoms with Crippen LogP contribution in [0.15, 0.2) is 9.94 Å². The van der Waals surface area contributed by atoms with Crippen LogP contribution in [0.1, 0.15) is 26.7 Å². The lowest BCUT2D eigenvalue weighted by Crippen LogP contribution is -1.96. The molecule has 0 N–H and O–H groups in total. The first-order valence-corrected chi connectivity index (χ1v) is 4.99. The van der Waals surface area contributed by atoms with Crippen molar-refractivity contribution in [2.24, 2.45) is 0 Å². The first-order chi connectivity index (χ1) is 5.15. The lowest BCUT2D eigenvalue weighted by Gasteiger charge is -1.99. The summed E-state index contributed by atoms with van der Waals surface area (Å²) in [6, 6.07) is 0. The van der Waals surface area contributed by atoms with Crippen molar-refractivity contribution >= 4 is 29.1 Å². The van der Waals surface area contributed by atoms with E-state index in [0.717, 1.165) is 16.4 Å². The average molecular weight is 191 g/mol. The van der Waals surface area contributed by atoms with Gasteiger partial charge in [0, 0.05) is 16.7 Å². The molecule has 0 fully saturated rings. The van der Waals surface area contributed by atoms with Crippen LogP contribution in [0, 0.1) is 0 Å². The highest BCUT2D eigenvalue weighted by atomic mass is 35.5. The topological polar surface area (TPSA) is 17.1 Å². The molecule has 0 spiro atoms. The molecule has 3 heteroatoms. The van der Waals surface area contributed by atoms with Gasteiger partial charge in [0.1, 0.15) is 0 Å². The molecule has 0 amide bonds. The maximum atomic E-state index is 11.2. The molecule has 1 heterocycles. The third kappa shape index (κ3) is 2.00. The Kier molecular flexibility index (Phi) is 3.02. The second kappa shape index (κ2) is 3.63. The third-order valence-electron chi connectivity index (χ3n) is 1.61. The molecule has 0 aromatic heterocycles. The summed E-state index contributed by atoms with van der Waals surface area (Å²) >= 11 is 7.49. The molecule has 1 aliphatic heterocycles. The highest BCUT2D eigenvalue weighted by molar-refractivity contribution is 8.04. The molecule has 62 valence electrons. The molecule has 0 radical (unpaired) electrons. The summed E-state index contributed by atoms with van der Waals surface area (Å²) < 4.78 is 0. The minimum absolute atomic E-state index is 0.185. The normalized spacial score (nSPS) is 24.5. The van der Waals surface area contributed by atoms with Gasteiger partial charge in [0.25, 0.3) is 0 Å². The van der Waals surface area contributed by atoms with Gasteiger partial charge in [0.15, 0.2) is 5.78 Å². The standard InChI is InChI=1S/C8H11ClOS/c1-3-7(10)8-6(9)4-5(2)11-8/h5H,3-4H2,1-2H3. The van der Waals surface area contributed by atoms with Gasteiger partial charge in [-0.25, -0.2) is 0 Å². The van der Waals surface area contributed by atoms with Crippen molar-refractivity contribution in [2.75, 3.05) is 0 Å². The number of halogens is 1. The predicted molar refractivity (Wildman–Crippen MR) is 49.8 cm³/mol. The fraction of sp³-hybridized carbons (Fsp3) is 0.625. The zero-order valence-corrected chi connectivity index (χ0v) is 8.26. The Morgan fingerprint density at radius 2 is 2.45 bits per heavy atom. The number of carbonyl (C=O) groups excluding carboxylic acids is 1. The van der Waals surface area contributed by atoms with E-state index in [0.29, 0.717) is 11.7 Å². The van der Waals surface area contributed by atoms with E-state index in [9.17, 15) is 4.79 Å². The summed E-state index contributed by atoms with van der Waals surface area (Å²) in [7, 11) is 0. The van der Waals surface area contributed by atoms with Gasteiger partial charge in [-0.2, -0.15) is 0 Å². The molecule has 0 aromatic rings. The quantitative estimate of drug-likeness (QED) is 0.666. The van der Waals surface area contributed by atoms with E-state index in [2.05, 4.69) is 6.92 Å². The predicted octanol–water partition coefficient (Wildman–Crippen LogP) is 2.94. The lowest BCUT2D eigenvalue weighted by atomic mass is 10.2. The molecule has 1 atom stereocenters. The summed E-state index contributed by atoms with van der Waals surface area (Å²) in [4.78, 5) is 12.0. The van der Waals surface area contributed by atoms with E-state index in [-0.39, 0.29) is 5.78 Å². The van der Waals surface area contributed by atoms with Gasteiger partial charge in [-0.15, -0.1) is 11.8 Å². The lowest BCUT2D eigenvalue weighted by molar-refractivity contribution is -0.114. The minimum atomic E-state index is 0.185. The van der Waals surface area contributed by atoms with Gasteiger partial charge in [-0.1, -0.05) is 25.4 Å². The molecule has 0 saturated heterocycles. The Bertz CT molecular complexity index is 210. The van der Waals surface area contributed by atoms with Crippen molar-refractivity contribution in [2.45, 2.75) is 31.9 Å². The third-order valence-corrected chi connectivity index (χ3v) is 3.34. The highest BCUT2D eigenvalue weighted by Gasteiger charge is 2.24. The average Bonchev–Trinajstić information content (AvgIpc) is 2.28. The van der Waals surface area contributed by atoms with Crippen LogP contribution >= 0.6 is 23.4 Å². The first-order valence-electron chi connectivity index (χ1n) is 3.73. The Morgan fingerprint density at radius 3 is 2.82 bits per heavy atom. The highest BCUT2D eigenvalue weighted by Crippen LogP contribution is 2.40. The summed E-state index contributed by atoms with van der Waals surface area (Å²) in [6.45, 7) is 3.95. The fourth-order valence-corrected chi connectivity index (χ4v) is 2.73. The van der Waals surface area contributed by atoms with Crippen molar-refractivity contribution in [1.29, 1.82) is 0 Å². The van der Waals surface area contributed by atoms with Crippen LogP contribution in [0.25, 0.3) is 0 Å². The molecule has 0 bridgehead atoms. The largest absolute Gasteiger partial charge is 0.294 e. The van der Waals surface area contributed by atoms with Crippen molar-refractivity contribution in [1.82, 2.24) is 0 Å². The molecule has 1 unspecified atom stereocenters. The fourth-order valence-electron chi connectivity index (χ4n) is 1.03. The zero-order chi connectivity index (χ0) is 8.43. The minimum Gasteiger partial charge on any atom is -0.294 e. The molecule has 0 aliphatic carbocycles. The van der Waals surface area contributed by atoms with Crippen molar-refractivity contribution in [3.8, 4) is 0 Å². The van der Waals surface area contributed by atoms with E-state index < -0.39 is 0 Å². The molecular weight excluding hydrogens is 180 g/mol. The van der Waals surface area contributed by atoms with Crippen LogP contribution in [-0.4, -0.2) is 11.0 Å². The second-order valence-corrected chi connectivity index (χ2v) is 4.55.